The Hall–Kier alpha value is -3.07. The van der Waals surface area contributed by atoms with Crippen molar-refractivity contribution in [2.45, 2.75) is 59.3 Å². The van der Waals surface area contributed by atoms with Crippen molar-refractivity contribution in [1.82, 2.24) is 4.90 Å². The average Bonchev–Trinajstić information content (AvgIpc) is 3.61. The van der Waals surface area contributed by atoms with Gasteiger partial charge in [0.25, 0.3) is 0 Å². The second-order valence-corrected chi connectivity index (χ2v) is 9.59. The van der Waals surface area contributed by atoms with E-state index in [1.54, 1.807) is 6.92 Å². The van der Waals surface area contributed by atoms with Crippen molar-refractivity contribution < 1.29 is 23.9 Å². The second-order valence-electron chi connectivity index (χ2n) is 9.59. The van der Waals surface area contributed by atoms with Gasteiger partial charge in [-0.15, -0.1) is 5.92 Å². The molecule has 1 heterocycles. The topological polar surface area (TPSA) is 72.9 Å². The number of hydrogen-bond acceptors (Lipinski definition) is 5. The third-order valence-electron chi connectivity index (χ3n) is 7.12. The van der Waals surface area contributed by atoms with Crippen molar-refractivity contribution in [3.8, 4) is 11.8 Å². The predicted molar refractivity (Wildman–Crippen MR) is 124 cm³/mol. The van der Waals surface area contributed by atoms with E-state index in [4.69, 9.17) is 9.47 Å². The van der Waals surface area contributed by atoms with Gasteiger partial charge in [-0.1, -0.05) is 5.92 Å². The number of piperidine rings is 1. The molecule has 0 bridgehead atoms. The van der Waals surface area contributed by atoms with Gasteiger partial charge in [-0.05, 0) is 80.7 Å². The molecule has 1 aromatic rings. The number of ketones is 1. The van der Waals surface area contributed by atoms with Gasteiger partial charge in [0.05, 0.1) is 12.7 Å². The highest BCUT2D eigenvalue weighted by Gasteiger charge is 2.46. The molecule has 2 aliphatic carbocycles. The monoisotopic (exact) mass is 449 g/mol. The molecule has 0 aromatic heterocycles. The summed E-state index contributed by atoms with van der Waals surface area (Å²) >= 11 is 0. The van der Waals surface area contributed by atoms with E-state index in [-0.39, 0.29) is 23.0 Å². The van der Waals surface area contributed by atoms with Crippen LogP contribution < -0.4 is 0 Å². The number of benzene rings is 1. The smallest absolute Gasteiger partial charge is 0.437 e. The SMILES string of the molecule is CC#Cc1cc(C)c(C2=C(OC(=O)OC)CC3(CCN(C(=O)C4CC4)CC3)CC2=O)c(C)c1. The van der Waals surface area contributed by atoms with Gasteiger partial charge in [0, 0.05) is 37.4 Å². The van der Waals surface area contributed by atoms with Crippen LogP contribution in [-0.2, 0) is 19.1 Å². The summed E-state index contributed by atoms with van der Waals surface area (Å²) in [4.78, 5) is 40.1. The third kappa shape index (κ3) is 4.68. The van der Waals surface area contributed by atoms with Crippen molar-refractivity contribution in [3.63, 3.8) is 0 Å². The number of aryl methyl sites for hydroxylation is 2. The number of Topliss-reactive ketones (excluding diaryl/α,β-unsaturated/α-hetero) is 1. The Morgan fingerprint density at radius 1 is 1.09 bits per heavy atom. The van der Waals surface area contributed by atoms with Gasteiger partial charge in [-0.3, -0.25) is 9.59 Å². The molecule has 1 saturated carbocycles. The van der Waals surface area contributed by atoms with Crippen molar-refractivity contribution >= 4 is 23.4 Å². The van der Waals surface area contributed by atoms with Crippen LogP contribution in [0.4, 0.5) is 4.79 Å². The molecule has 0 unspecified atom stereocenters. The van der Waals surface area contributed by atoms with Crippen LogP contribution in [0.1, 0.15) is 67.7 Å². The van der Waals surface area contributed by atoms with E-state index >= 15 is 0 Å². The lowest BCUT2D eigenvalue weighted by Crippen LogP contribution is -2.46. The Kier molecular flexibility index (Phi) is 6.34. The number of nitrogens with zero attached hydrogens (tertiary/aromatic N) is 1. The van der Waals surface area contributed by atoms with Gasteiger partial charge >= 0.3 is 6.16 Å². The van der Waals surface area contributed by atoms with E-state index in [9.17, 15) is 14.4 Å². The Balaban J connectivity index is 1.68. The number of ether oxygens (including phenoxy) is 2. The summed E-state index contributed by atoms with van der Waals surface area (Å²) in [5, 5.41) is 0. The van der Waals surface area contributed by atoms with Crippen molar-refractivity contribution in [2.24, 2.45) is 11.3 Å². The van der Waals surface area contributed by atoms with Crippen LogP contribution in [0.15, 0.2) is 17.9 Å². The first-order valence-electron chi connectivity index (χ1n) is 11.6. The molecular weight excluding hydrogens is 418 g/mol. The van der Waals surface area contributed by atoms with Crippen LogP contribution in [0.25, 0.3) is 5.57 Å². The molecule has 1 spiro atoms. The molecular formula is C27H31NO5. The fraction of sp³-hybridized carbons (Fsp3) is 0.519. The number of carbonyl (C=O) groups is 3. The number of methoxy groups -OCH3 is 1. The third-order valence-corrected chi connectivity index (χ3v) is 7.12. The van der Waals surface area contributed by atoms with Gasteiger partial charge in [-0.25, -0.2) is 4.79 Å². The number of carbonyl (C=O) groups excluding carboxylic acids is 3. The quantitative estimate of drug-likeness (QED) is 0.500. The maximum absolute atomic E-state index is 13.6. The minimum absolute atomic E-state index is 0.0253. The van der Waals surface area contributed by atoms with Crippen LogP contribution in [-0.4, -0.2) is 42.9 Å². The molecule has 0 radical (unpaired) electrons. The Morgan fingerprint density at radius 2 is 1.73 bits per heavy atom. The minimum Gasteiger partial charge on any atom is -0.437 e. The van der Waals surface area contributed by atoms with E-state index in [2.05, 4.69) is 11.8 Å². The van der Waals surface area contributed by atoms with Crippen LogP contribution >= 0.6 is 0 Å². The first-order chi connectivity index (χ1) is 15.8. The molecule has 4 rings (SSSR count). The molecule has 33 heavy (non-hydrogen) atoms. The van der Waals surface area contributed by atoms with Crippen molar-refractivity contribution in [2.75, 3.05) is 20.2 Å². The van der Waals surface area contributed by atoms with Crippen molar-refractivity contribution in [1.29, 1.82) is 0 Å². The largest absolute Gasteiger partial charge is 0.513 e. The second kappa shape index (κ2) is 9.05. The van der Waals surface area contributed by atoms with E-state index in [0.717, 1.165) is 47.9 Å². The van der Waals surface area contributed by atoms with Crippen molar-refractivity contribution in [3.05, 3.63) is 40.1 Å². The zero-order valence-electron chi connectivity index (χ0n) is 19.9. The minimum atomic E-state index is -0.822. The molecule has 6 heteroatoms. The summed E-state index contributed by atoms with van der Waals surface area (Å²) in [6, 6.07) is 3.92. The number of hydrogen-bond donors (Lipinski definition) is 0. The Morgan fingerprint density at radius 3 is 2.27 bits per heavy atom. The predicted octanol–water partition coefficient (Wildman–Crippen LogP) is 4.55. The van der Waals surface area contributed by atoms with E-state index < -0.39 is 6.16 Å². The van der Waals surface area contributed by atoms with E-state index in [0.29, 0.717) is 37.3 Å². The molecule has 6 nitrogen and oxygen atoms in total. The molecule has 1 aliphatic heterocycles. The molecule has 174 valence electrons. The standard InChI is InChI=1S/C27H31NO5/c1-5-6-19-13-17(2)23(18(3)14-19)24-21(29)15-27(16-22(24)33-26(31)32-4)9-11-28(12-10-27)25(30)20-7-8-20/h13-14,20H,7-12,15-16H2,1-4H3. The number of allylic oxidation sites excluding steroid dienone is 2. The van der Waals surface area contributed by atoms with Crippen LogP contribution in [0.3, 0.4) is 0 Å². The Bertz CT molecular complexity index is 1070. The van der Waals surface area contributed by atoms with Gasteiger partial charge in [0.1, 0.15) is 5.76 Å². The van der Waals surface area contributed by atoms with Gasteiger partial charge in [0.2, 0.25) is 5.91 Å². The van der Waals surface area contributed by atoms with Crippen LogP contribution in [0, 0.1) is 37.0 Å². The van der Waals surface area contributed by atoms with Gasteiger partial charge in [0.15, 0.2) is 5.78 Å². The molecule has 1 aromatic carbocycles. The van der Waals surface area contributed by atoms with E-state index in [1.165, 1.54) is 7.11 Å². The lowest BCUT2D eigenvalue weighted by atomic mass is 9.66. The fourth-order valence-electron chi connectivity index (χ4n) is 5.30. The zero-order valence-corrected chi connectivity index (χ0v) is 19.9. The van der Waals surface area contributed by atoms with E-state index in [1.807, 2.05) is 30.9 Å². The highest BCUT2D eigenvalue weighted by atomic mass is 16.7. The number of rotatable bonds is 3. The summed E-state index contributed by atoms with van der Waals surface area (Å²) in [7, 11) is 1.26. The number of amides is 1. The lowest BCUT2D eigenvalue weighted by Gasteiger charge is -2.44. The summed E-state index contributed by atoms with van der Waals surface area (Å²) < 4.78 is 10.4. The zero-order chi connectivity index (χ0) is 23.8. The summed E-state index contributed by atoms with van der Waals surface area (Å²) in [5.74, 6) is 6.77. The normalized spacial score (nSPS) is 19.8. The Labute approximate surface area is 195 Å². The molecule has 3 aliphatic rings. The van der Waals surface area contributed by atoms with Gasteiger partial charge in [-0.2, -0.15) is 0 Å². The lowest BCUT2D eigenvalue weighted by molar-refractivity contribution is -0.135. The summed E-state index contributed by atoms with van der Waals surface area (Å²) in [5.41, 5.74) is 3.69. The molecule has 0 N–H and O–H groups in total. The first-order valence-corrected chi connectivity index (χ1v) is 11.6. The fourth-order valence-corrected chi connectivity index (χ4v) is 5.30. The molecule has 1 amide bonds. The van der Waals surface area contributed by atoms with Crippen LogP contribution in [0.2, 0.25) is 0 Å². The maximum atomic E-state index is 13.6. The summed E-state index contributed by atoms with van der Waals surface area (Å²) in [6.45, 7) is 6.98. The molecule has 1 saturated heterocycles. The van der Waals surface area contributed by atoms with Crippen LogP contribution in [0.5, 0.6) is 0 Å². The number of likely N-dealkylation sites (tertiary alicyclic amines) is 1. The molecule has 0 atom stereocenters. The summed E-state index contributed by atoms with van der Waals surface area (Å²) in [6.07, 6.45) is 3.47. The highest BCUT2D eigenvalue weighted by Crippen LogP contribution is 2.49. The molecule has 2 fully saturated rings. The average molecular weight is 450 g/mol. The maximum Gasteiger partial charge on any atom is 0.513 e. The van der Waals surface area contributed by atoms with Gasteiger partial charge < -0.3 is 14.4 Å². The highest BCUT2D eigenvalue weighted by molar-refractivity contribution is 6.23. The first kappa shape index (κ1) is 23.1.